The smallest absolute Gasteiger partial charge is 0.214 e. The zero-order chi connectivity index (χ0) is 14.9. The monoisotopic (exact) mass is 312 g/mol. The fourth-order valence-electron chi connectivity index (χ4n) is 3.09. The van der Waals surface area contributed by atoms with E-state index in [4.69, 9.17) is 9.47 Å². The van der Waals surface area contributed by atoms with Crippen LogP contribution in [0, 0.1) is 0 Å². The lowest BCUT2D eigenvalue weighted by Crippen LogP contribution is -2.54. The van der Waals surface area contributed by atoms with Crippen LogP contribution in [0.25, 0.3) is 0 Å². The first kappa shape index (κ1) is 14.7. The average molecular weight is 312 g/mol. The van der Waals surface area contributed by atoms with Crippen LogP contribution in [0.2, 0.25) is 0 Å². The van der Waals surface area contributed by atoms with Crippen molar-refractivity contribution in [1.82, 2.24) is 9.29 Å². The number of sulfonamides is 1. The molecule has 0 spiro atoms. The Morgan fingerprint density at radius 3 is 3.00 bits per heavy atom. The number of hydrogen-bond acceptors (Lipinski definition) is 5. The number of ether oxygens (including phenoxy) is 2. The summed E-state index contributed by atoms with van der Waals surface area (Å²) in [7, 11) is -3.19. The second kappa shape index (κ2) is 5.90. The van der Waals surface area contributed by atoms with Crippen molar-refractivity contribution in [1.29, 1.82) is 0 Å². The van der Waals surface area contributed by atoms with Crippen LogP contribution in [-0.4, -0.2) is 54.9 Å². The first-order valence-electron chi connectivity index (χ1n) is 7.30. The van der Waals surface area contributed by atoms with Crippen LogP contribution in [-0.2, 0) is 14.8 Å². The van der Waals surface area contributed by atoms with Gasteiger partial charge in [-0.2, -0.15) is 4.31 Å². The first-order valence-corrected chi connectivity index (χ1v) is 8.91. The normalized spacial score (nSPS) is 30.0. The van der Waals surface area contributed by atoms with Crippen molar-refractivity contribution in [2.45, 2.75) is 38.0 Å². The molecule has 1 saturated heterocycles. The molecule has 1 aromatic rings. The Morgan fingerprint density at radius 2 is 2.29 bits per heavy atom. The van der Waals surface area contributed by atoms with Crippen molar-refractivity contribution < 1.29 is 17.9 Å². The molecule has 2 heterocycles. The van der Waals surface area contributed by atoms with E-state index in [0.717, 1.165) is 12.8 Å². The summed E-state index contributed by atoms with van der Waals surface area (Å²) in [5.74, 6) is 0.685. The largest absolute Gasteiger partial charge is 0.472 e. The summed E-state index contributed by atoms with van der Waals surface area (Å²) in [6.07, 6.45) is 2.88. The third kappa shape index (κ3) is 2.90. The molecule has 3 rings (SSSR count). The van der Waals surface area contributed by atoms with Crippen molar-refractivity contribution in [2.24, 2.45) is 0 Å². The molecule has 1 aromatic heterocycles. The molecule has 0 bridgehead atoms. The van der Waals surface area contributed by atoms with Gasteiger partial charge in [-0.15, -0.1) is 0 Å². The van der Waals surface area contributed by atoms with Gasteiger partial charge in [0, 0.05) is 18.8 Å². The molecule has 1 saturated carbocycles. The maximum Gasteiger partial charge on any atom is 0.214 e. The molecule has 0 aromatic carbocycles. The topological polar surface area (TPSA) is 68.7 Å². The maximum absolute atomic E-state index is 12.2. The first-order chi connectivity index (χ1) is 10.1. The molecule has 1 aliphatic heterocycles. The second-order valence-electron chi connectivity index (χ2n) is 5.32. The summed E-state index contributed by atoms with van der Waals surface area (Å²) in [5.41, 5.74) is 0. The number of fused-ring (bicyclic) bond motifs is 1. The maximum atomic E-state index is 12.2. The summed E-state index contributed by atoms with van der Waals surface area (Å²) >= 11 is 0. The van der Waals surface area contributed by atoms with E-state index in [1.54, 1.807) is 23.5 Å². The second-order valence-corrected chi connectivity index (χ2v) is 7.53. The molecular formula is C14H20N2O4S. The number of rotatable bonds is 4. The van der Waals surface area contributed by atoms with Gasteiger partial charge in [-0.3, -0.25) is 0 Å². The minimum absolute atomic E-state index is 0.114. The third-order valence-corrected chi connectivity index (χ3v) is 6.01. The summed E-state index contributed by atoms with van der Waals surface area (Å²) in [6, 6.07) is 5.38. The molecule has 0 unspecified atom stereocenters. The highest BCUT2D eigenvalue weighted by Gasteiger charge is 2.47. The molecule has 2 aliphatic rings. The Balaban J connectivity index is 1.75. The molecule has 7 heteroatoms. The summed E-state index contributed by atoms with van der Waals surface area (Å²) in [6.45, 7) is 2.53. The summed E-state index contributed by atoms with van der Waals surface area (Å²) in [5, 5.41) is 0. The van der Waals surface area contributed by atoms with Gasteiger partial charge in [0.25, 0.3) is 0 Å². The van der Waals surface area contributed by atoms with Crippen LogP contribution < -0.4 is 4.74 Å². The highest BCUT2D eigenvalue weighted by atomic mass is 32.2. The van der Waals surface area contributed by atoms with Gasteiger partial charge in [0.15, 0.2) is 0 Å². The zero-order valence-electron chi connectivity index (χ0n) is 12.0. The number of pyridine rings is 1. The third-order valence-electron chi connectivity index (χ3n) is 4.12. The van der Waals surface area contributed by atoms with E-state index in [-0.39, 0.29) is 24.0 Å². The zero-order valence-corrected chi connectivity index (χ0v) is 12.8. The van der Waals surface area contributed by atoms with Crippen LogP contribution in [0.4, 0.5) is 0 Å². The van der Waals surface area contributed by atoms with Gasteiger partial charge in [0.2, 0.25) is 15.9 Å². The Bertz CT molecular complexity index is 578. The van der Waals surface area contributed by atoms with Gasteiger partial charge in [0.05, 0.1) is 18.4 Å². The van der Waals surface area contributed by atoms with Gasteiger partial charge in [-0.25, -0.2) is 13.4 Å². The quantitative estimate of drug-likeness (QED) is 0.831. The molecule has 116 valence electrons. The minimum atomic E-state index is -3.19. The highest BCUT2D eigenvalue weighted by Crippen LogP contribution is 2.34. The van der Waals surface area contributed by atoms with E-state index in [9.17, 15) is 8.42 Å². The van der Waals surface area contributed by atoms with E-state index in [1.807, 2.05) is 12.1 Å². The molecule has 0 N–H and O–H groups in total. The molecule has 6 nitrogen and oxygen atoms in total. The van der Waals surface area contributed by atoms with Crippen LogP contribution in [0.5, 0.6) is 5.88 Å². The van der Waals surface area contributed by atoms with Gasteiger partial charge in [-0.05, 0) is 25.8 Å². The van der Waals surface area contributed by atoms with Gasteiger partial charge < -0.3 is 9.47 Å². The molecular weight excluding hydrogens is 292 g/mol. The highest BCUT2D eigenvalue weighted by molar-refractivity contribution is 7.89. The van der Waals surface area contributed by atoms with Gasteiger partial charge >= 0.3 is 0 Å². The Kier molecular flexibility index (Phi) is 4.14. The predicted octanol–water partition coefficient (Wildman–Crippen LogP) is 1.04. The Hall–Kier alpha value is -1.18. The average Bonchev–Trinajstić information content (AvgIpc) is 2.91. The predicted molar refractivity (Wildman–Crippen MR) is 77.6 cm³/mol. The summed E-state index contributed by atoms with van der Waals surface area (Å²) in [4.78, 5) is 4.15. The molecule has 3 atom stereocenters. The van der Waals surface area contributed by atoms with Crippen LogP contribution >= 0.6 is 0 Å². The minimum Gasteiger partial charge on any atom is -0.472 e. The fraction of sp³-hybridized carbons (Fsp3) is 0.643. The van der Waals surface area contributed by atoms with Crippen molar-refractivity contribution >= 4 is 10.0 Å². The van der Waals surface area contributed by atoms with Gasteiger partial charge in [0.1, 0.15) is 12.2 Å². The molecule has 0 amide bonds. The molecule has 0 radical (unpaired) electrons. The van der Waals surface area contributed by atoms with Gasteiger partial charge in [-0.1, -0.05) is 6.07 Å². The van der Waals surface area contributed by atoms with Crippen molar-refractivity contribution in [2.75, 3.05) is 18.9 Å². The van der Waals surface area contributed by atoms with E-state index in [1.165, 1.54) is 0 Å². The van der Waals surface area contributed by atoms with Crippen molar-refractivity contribution in [3.05, 3.63) is 24.4 Å². The lowest BCUT2D eigenvalue weighted by Gasteiger charge is -2.37. The number of aromatic nitrogens is 1. The molecule has 21 heavy (non-hydrogen) atoms. The van der Waals surface area contributed by atoms with E-state index in [0.29, 0.717) is 19.0 Å². The van der Waals surface area contributed by atoms with Crippen molar-refractivity contribution in [3.8, 4) is 5.88 Å². The fourth-order valence-corrected chi connectivity index (χ4v) is 4.41. The summed E-state index contributed by atoms with van der Waals surface area (Å²) < 4.78 is 37.6. The number of morpholine rings is 1. The van der Waals surface area contributed by atoms with Crippen LogP contribution in [0.1, 0.15) is 19.8 Å². The lowest BCUT2D eigenvalue weighted by atomic mass is 10.1. The number of hydrogen-bond donors (Lipinski definition) is 0. The van der Waals surface area contributed by atoms with E-state index in [2.05, 4.69) is 4.98 Å². The van der Waals surface area contributed by atoms with E-state index < -0.39 is 10.0 Å². The lowest BCUT2D eigenvalue weighted by molar-refractivity contribution is -0.0668. The Morgan fingerprint density at radius 1 is 1.43 bits per heavy atom. The standard InChI is InChI=1S/C14H20N2O4S/c1-2-21(17,18)16-9-10-19-14-11(16)6-7-12(14)20-13-5-3-4-8-15-13/h3-5,8,11-12,14H,2,6-7,9-10H2,1H3/t11-,12+,14+/m0/s1. The van der Waals surface area contributed by atoms with Crippen LogP contribution in [0.15, 0.2) is 24.4 Å². The molecule has 1 aliphatic carbocycles. The Labute approximate surface area is 125 Å². The number of nitrogens with zero attached hydrogens (tertiary/aromatic N) is 2. The molecule has 2 fully saturated rings. The van der Waals surface area contributed by atoms with E-state index >= 15 is 0 Å². The van der Waals surface area contributed by atoms with Crippen LogP contribution in [0.3, 0.4) is 0 Å². The van der Waals surface area contributed by atoms with Crippen molar-refractivity contribution in [3.63, 3.8) is 0 Å². The SMILES string of the molecule is CCS(=O)(=O)N1CCO[C@H]2[C@H](Oc3ccccn3)CC[C@@H]21.